The molecule has 4 nitrogen and oxygen atoms in total. The molecule has 8 aromatic carbocycles. The normalized spacial score (nSPS) is 14.7. The smallest absolute Gasteiger partial charge is 0.159 e. The van der Waals surface area contributed by atoms with Crippen molar-refractivity contribution >= 4 is 65.9 Å². The van der Waals surface area contributed by atoms with E-state index < -0.39 is 0 Å². The highest BCUT2D eigenvalue weighted by Gasteiger charge is 2.25. The summed E-state index contributed by atoms with van der Waals surface area (Å²) in [6.45, 7) is 0. The molecule has 1 atom stereocenters. The first kappa shape index (κ1) is 27.6. The average Bonchev–Trinajstić information content (AvgIpc) is 3.56. The van der Waals surface area contributed by atoms with E-state index in [0.29, 0.717) is 5.84 Å². The molecule has 230 valence electrons. The molecule has 9 aromatic rings. The van der Waals surface area contributed by atoms with Crippen molar-refractivity contribution in [2.24, 2.45) is 9.98 Å². The minimum atomic E-state index is -0.378. The van der Waals surface area contributed by atoms with Crippen LogP contribution in [-0.4, -0.2) is 11.7 Å². The summed E-state index contributed by atoms with van der Waals surface area (Å²) in [6, 6.07) is 57.6. The molecular weight excluding hydrogens is 599 g/mol. The Hall–Kier alpha value is -6.52. The Balaban J connectivity index is 1.11. The number of furan rings is 1. The summed E-state index contributed by atoms with van der Waals surface area (Å²) in [4.78, 5) is 10.3. The number of aliphatic imine (C=N–C) groups is 2. The number of amidine groups is 2. The largest absolute Gasteiger partial charge is 0.456 e. The fourth-order valence-electron chi connectivity index (χ4n) is 7.26. The number of fused-ring (bicyclic) bond motifs is 7. The first-order chi connectivity index (χ1) is 24.2. The predicted molar refractivity (Wildman–Crippen MR) is 204 cm³/mol. The van der Waals surface area contributed by atoms with Crippen molar-refractivity contribution in [1.29, 1.82) is 0 Å². The molecule has 10 rings (SSSR count). The van der Waals surface area contributed by atoms with E-state index in [-0.39, 0.29) is 6.17 Å². The van der Waals surface area contributed by atoms with Gasteiger partial charge in [0, 0.05) is 27.5 Å². The standard InChI is InChI=1S/C45H29N3O/c1-2-11-30(12-3-1)43-46-44(35-20-17-28-9-4-5-13-31(28)26-35)48-45(47-43)38-15-8-16-41-42(38)39-27-33(22-24-40(39)49-41)32-21-23-37-34(25-32)19-18-29-10-6-7-14-36(29)37/h1-27,45H,(H,46,47,48). The molecule has 0 bridgehead atoms. The second-order valence-electron chi connectivity index (χ2n) is 12.6. The molecule has 0 aliphatic carbocycles. The first-order valence-electron chi connectivity index (χ1n) is 16.6. The molecule has 0 radical (unpaired) electrons. The van der Waals surface area contributed by atoms with Crippen molar-refractivity contribution in [3.05, 3.63) is 180 Å². The summed E-state index contributed by atoms with van der Waals surface area (Å²) in [5.74, 6) is 1.49. The van der Waals surface area contributed by atoms with Gasteiger partial charge in [-0.2, -0.15) is 0 Å². The van der Waals surface area contributed by atoms with Crippen molar-refractivity contribution in [3.63, 3.8) is 0 Å². The third-order valence-corrected chi connectivity index (χ3v) is 9.70. The number of hydrogen-bond acceptors (Lipinski definition) is 4. The van der Waals surface area contributed by atoms with Gasteiger partial charge in [0.15, 0.2) is 5.84 Å². The zero-order valence-electron chi connectivity index (χ0n) is 26.5. The number of benzene rings is 8. The summed E-state index contributed by atoms with van der Waals surface area (Å²) < 4.78 is 6.46. The summed E-state index contributed by atoms with van der Waals surface area (Å²) >= 11 is 0. The lowest BCUT2D eigenvalue weighted by atomic mass is 9.96. The van der Waals surface area contributed by atoms with E-state index in [0.717, 1.165) is 50.0 Å². The second kappa shape index (κ2) is 11.0. The molecule has 49 heavy (non-hydrogen) atoms. The van der Waals surface area contributed by atoms with Crippen LogP contribution in [0.2, 0.25) is 0 Å². The van der Waals surface area contributed by atoms with E-state index in [2.05, 4.69) is 145 Å². The minimum absolute atomic E-state index is 0.378. The van der Waals surface area contributed by atoms with Gasteiger partial charge in [-0.05, 0) is 73.8 Å². The predicted octanol–water partition coefficient (Wildman–Crippen LogP) is 11.2. The van der Waals surface area contributed by atoms with Crippen molar-refractivity contribution < 1.29 is 4.42 Å². The van der Waals surface area contributed by atoms with Crippen LogP contribution < -0.4 is 5.32 Å². The maximum absolute atomic E-state index is 6.46. The Morgan fingerprint density at radius 1 is 0.449 bits per heavy atom. The lowest BCUT2D eigenvalue weighted by Crippen LogP contribution is -2.33. The summed E-state index contributed by atoms with van der Waals surface area (Å²) in [6.07, 6.45) is -0.378. The summed E-state index contributed by atoms with van der Waals surface area (Å²) in [5, 5.41) is 13.2. The molecule has 1 aliphatic heterocycles. The van der Waals surface area contributed by atoms with Gasteiger partial charge in [-0.1, -0.05) is 133 Å². The van der Waals surface area contributed by atoms with Crippen molar-refractivity contribution in [3.8, 4) is 11.1 Å². The van der Waals surface area contributed by atoms with Gasteiger partial charge in [-0.15, -0.1) is 0 Å². The van der Waals surface area contributed by atoms with Crippen molar-refractivity contribution in [1.82, 2.24) is 5.32 Å². The van der Waals surface area contributed by atoms with Crippen LogP contribution in [0.5, 0.6) is 0 Å². The fraction of sp³-hybridized carbons (Fsp3) is 0.0222. The zero-order valence-corrected chi connectivity index (χ0v) is 26.5. The van der Waals surface area contributed by atoms with Crippen molar-refractivity contribution in [2.75, 3.05) is 0 Å². The highest BCUT2D eigenvalue weighted by Crippen LogP contribution is 2.38. The van der Waals surface area contributed by atoms with Crippen LogP contribution in [0.3, 0.4) is 0 Å². The fourth-order valence-corrected chi connectivity index (χ4v) is 7.26. The number of nitrogens with zero attached hydrogens (tertiary/aromatic N) is 2. The molecule has 1 aromatic heterocycles. The van der Waals surface area contributed by atoms with E-state index >= 15 is 0 Å². The van der Waals surface area contributed by atoms with Gasteiger partial charge in [0.05, 0.1) is 0 Å². The molecule has 0 fully saturated rings. The summed E-state index contributed by atoms with van der Waals surface area (Å²) in [5.41, 5.74) is 7.03. The molecule has 0 saturated carbocycles. The molecule has 0 spiro atoms. The Bertz CT molecular complexity index is 2810. The number of nitrogens with one attached hydrogen (secondary N) is 1. The Labute approximate surface area is 282 Å². The van der Waals surface area contributed by atoms with Gasteiger partial charge in [-0.25, -0.2) is 9.98 Å². The SMILES string of the molecule is c1ccc(C2=NC(c3cccc4oc5ccc(-c6ccc7c(ccc8ccccc87)c6)cc5c34)NC(c3ccc4ccccc4c3)=N2)cc1. The van der Waals surface area contributed by atoms with E-state index in [1.807, 2.05) is 24.3 Å². The second-order valence-corrected chi connectivity index (χ2v) is 12.6. The van der Waals surface area contributed by atoms with Gasteiger partial charge in [-0.3, -0.25) is 0 Å². The molecular formula is C45H29N3O. The van der Waals surface area contributed by atoms with Gasteiger partial charge in [0.25, 0.3) is 0 Å². The molecule has 0 saturated heterocycles. The average molecular weight is 628 g/mol. The van der Waals surface area contributed by atoms with E-state index in [1.54, 1.807) is 0 Å². The van der Waals surface area contributed by atoms with Crippen LogP contribution in [0.1, 0.15) is 22.9 Å². The van der Waals surface area contributed by atoms with Gasteiger partial charge in [0.2, 0.25) is 0 Å². The van der Waals surface area contributed by atoms with Crippen molar-refractivity contribution in [2.45, 2.75) is 6.17 Å². The van der Waals surface area contributed by atoms with Crippen LogP contribution in [0.15, 0.2) is 178 Å². The van der Waals surface area contributed by atoms with Gasteiger partial charge in [0.1, 0.15) is 23.2 Å². The molecule has 4 heteroatoms. The maximum Gasteiger partial charge on any atom is 0.159 e. The minimum Gasteiger partial charge on any atom is -0.456 e. The third kappa shape index (κ3) is 4.68. The third-order valence-electron chi connectivity index (χ3n) is 9.70. The van der Waals surface area contributed by atoms with E-state index in [1.165, 1.54) is 37.9 Å². The van der Waals surface area contributed by atoms with Gasteiger partial charge < -0.3 is 9.73 Å². The molecule has 2 heterocycles. The molecule has 1 N–H and O–H groups in total. The Kier molecular flexibility index (Phi) is 6.21. The molecule has 1 unspecified atom stereocenters. The lowest BCUT2D eigenvalue weighted by molar-refractivity contribution is 0.662. The van der Waals surface area contributed by atoms with Crippen LogP contribution >= 0.6 is 0 Å². The summed E-state index contributed by atoms with van der Waals surface area (Å²) in [7, 11) is 0. The number of hydrogen-bond donors (Lipinski definition) is 1. The number of rotatable bonds is 4. The van der Waals surface area contributed by atoms with Crippen LogP contribution in [0.25, 0.3) is 65.4 Å². The lowest BCUT2D eigenvalue weighted by Gasteiger charge is -2.24. The van der Waals surface area contributed by atoms with Crippen LogP contribution in [-0.2, 0) is 0 Å². The Morgan fingerprint density at radius 2 is 1.14 bits per heavy atom. The molecule has 0 amide bonds. The monoisotopic (exact) mass is 627 g/mol. The quantitative estimate of drug-likeness (QED) is 0.197. The highest BCUT2D eigenvalue weighted by molar-refractivity contribution is 6.15. The Morgan fingerprint density at radius 3 is 2.06 bits per heavy atom. The van der Waals surface area contributed by atoms with E-state index in [9.17, 15) is 0 Å². The maximum atomic E-state index is 6.46. The van der Waals surface area contributed by atoms with E-state index in [4.69, 9.17) is 14.4 Å². The molecule has 1 aliphatic rings. The zero-order chi connectivity index (χ0) is 32.3. The van der Waals surface area contributed by atoms with Crippen LogP contribution in [0.4, 0.5) is 0 Å². The highest BCUT2D eigenvalue weighted by atomic mass is 16.3. The topological polar surface area (TPSA) is 49.9 Å². The first-order valence-corrected chi connectivity index (χ1v) is 16.6. The van der Waals surface area contributed by atoms with Gasteiger partial charge >= 0.3 is 0 Å². The van der Waals surface area contributed by atoms with Crippen LogP contribution in [0, 0.1) is 0 Å².